The van der Waals surface area contributed by atoms with E-state index in [1.807, 2.05) is 6.08 Å². The summed E-state index contributed by atoms with van der Waals surface area (Å²) >= 11 is 0. The molecule has 0 atom stereocenters. The molecule has 2 aromatic carbocycles. The Morgan fingerprint density at radius 3 is 2.12 bits per heavy atom. The maximum absolute atomic E-state index is 11.5. The fourth-order valence-corrected chi connectivity index (χ4v) is 2.61. The Balaban J connectivity index is 0.000000320. The fourth-order valence-electron chi connectivity index (χ4n) is 2.61. The number of phenolic OH excluding ortho intramolecular Hbond substituents is 1. The van der Waals surface area contributed by atoms with E-state index in [0.29, 0.717) is 5.56 Å². The van der Waals surface area contributed by atoms with E-state index in [1.54, 1.807) is 36.4 Å². The van der Waals surface area contributed by atoms with Crippen LogP contribution in [0.2, 0.25) is 0 Å². The maximum atomic E-state index is 11.5. The lowest BCUT2D eigenvalue weighted by Crippen LogP contribution is -2.00. The highest BCUT2D eigenvalue weighted by atomic mass is 16.5. The van der Waals surface area contributed by atoms with Crippen LogP contribution in [0.5, 0.6) is 11.5 Å². The summed E-state index contributed by atoms with van der Waals surface area (Å²) in [7, 11) is 0. The molecule has 0 aliphatic heterocycles. The smallest absolute Gasteiger partial charge is 0.346 e. The molecule has 0 bridgehead atoms. The Kier molecular flexibility index (Phi) is 12.7. The summed E-state index contributed by atoms with van der Waals surface area (Å²) in [6.07, 6.45) is 13.1. The largest absolute Gasteiger partial charge is 0.507 e. The summed E-state index contributed by atoms with van der Waals surface area (Å²) in [5.74, 6) is -1.87. The van der Waals surface area contributed by atoms with Gasteiger partial charge in [-0.25, -0.2) is 9.59 Å². The van der Waals surface area contributed by atoms with Gasteiger partial charge < -0.3 is 20.1 Å². The average Bonchev–Trinajstić information content (AvgIpc) is 2.78. The molecule has 2 aromatic rings. The van der Waals surface area contributed by atoms with Crippen molar-refractivity contribution < 1.29 is 29.6 Å². The molecule has 0 aromatic heterocycles. The number of allylic oxidation sites excluding steroid dienone is 2. The van der Waals surface area contributed by atoms with Crippen molar-refractivity contribution in [2.45, 2.75) is 52.4 Å². The number of hydrogen-bond acceptors (Lipinski definition) is 5. The number of carboxylic acid groups (broad SMARTS) is 1. The molecule has 6 heteroatoms. The van der Waals surface area contributed by atoms with Gasteiger partial charge >= 0.3 is 11.9 Å². The highest BCUT2D eigenvalue weighted by Gasteiger charge is 2.11. The van der Waals surface area contributed by atoms with E-state index in [1.165, 1.54) is 24.5 Å². The molecule has 0 spiro atoms. The predicted octanol–water partition coefficient (Wildman–Crippen LogP) is 6.55. The molecule has 0 fully saturated rings. The Morgan fingerprint density at radius 1 is 0.875 bits per heavy atom. The number of carbonyl (C=O) groups is 2. The van der Waals surface area contributed by atoms with Crippen molar-refractivity contribution >= 4 is 18.0 Å². The number of hydrogen-bond donors (Lipinski definition) is 3. The molecule has 0 unspecified atom stereocenters. The van der Waals surface area contributed by atoms with Crippen molar-refractivity contribution in [3.63, 3.8) is 0 Å². The van der Waals surface area contributed by atoms with E-state index in [2.05, 4.69) is 13.8 Å². The van der Waals surface area contributed by atoms with Gasteiger partial charge in [-0.1, -0.05) is 69.5 Å². The number of para-hydroxylation sites is 2. The van der Waals surface area contributed by atoms with Crippen molar-refractivity contribution in [1.29, 1.82) is 0 Å². The van der Waals surface area contributed by atoms with Crippen molar-refractivity contribution in [3.05, 3.63) is 77.6 Å². The maximum Gasteiger partial charge on any atom is 0.346 e. The molecule has 0 heterocycles. The third-order valence-electron chi connectivity index (χ3n) is 4.44. The molecule has 0 amide bonds. The molecule has 32 heavy (non-hydrogen) atoms. The van der Waals surface area contributed by atoms with E-state index in [-0.39, 0.29) is 22.6 Å². The number of phenols is 2. The number of carbonyl (C=O) groups excluding carboxylic acids is 1. The van der Waals surface area contributed by atoms with Crippen LogP contribution in [0.4, 0.5) is 0 Å². The van der Waals surface area contributed by atoms with Gasteiger partial charge in [0.15, 0.2) is 0 Å². The van der Waals surface area contributed by atoms with Gasteiger partial charge in [0.25, 0.3) is 0 Å². The van der Waals surface area contributed by atoms with Crippen LogP contribution in [-0.2, 0) is 4.74 Å². The third kappa shape index (κ3) is 9.51. The van der Waals surface area contributed by atoms with Crippen LogP contribution in [0, 0.1) is 0 Å². The molecule has 0 aliphatic rings. The van der Waals surface area contributed by atoms with Gasteiger partial charge in [0, 0.05) is 5.56 Å². The van der Waals surface area contributed by atoms with Crippen LogP contribution in [0.15, 0.2) is 60.9 Å². The minimum absolute atomic E-state index is 0.0577. The summed E-state index contributed by atoms with van der Waals surface area (Å²) in [6.45, 7) is 4.21. The molecule has 0 saturated carbocycles. The molecule has 172 valence electrons. The van der Waals surface area contributed by atoms with Gasteiger partial charge in [-0.3, -0.25) is 0 Å². The zero-order chi connectivity index (χ0) is 23.8. The number of rotatable bonds is 10. The fraction of sp³-hybridized carbons (Fsp3) is 0.308. The SMILES string of the molecule is CCCC/C=C\c1cccc(C(=O)O)c1O.CCCCC=COC(=O)c1ccccc1O. The quantitative estimate of drug-likeness (QED) is 0.220. The lowest BCUT2D eigenvalue weighted by Gasteiger charge is -2.02. The molecular weight excluding hydrogens is 408 g/mol. The zero-order valence-electron chi connectivity index (χ0n) is 18.7. The minimum atomic E-state index is -1.11. The first-order chi connectivity index (χ1) is 15.4. The van der Waals surface area contributed by atoms with Gasteiger partial charge in [-0.05, 0) is 43.5 Å². The monoisotopic (exact) mass is 440 g/mol. The van der Waals surface area contributed by atoms with Crippen molar-refractivity contribution in [2.24, 2.45) is 0 Å². The second-order valence-corrected chi connectivity index (χ2v) is 7.03. The van der Waals surface area contributed by atoms with Crippen molar-refractivity contribution in [3.8, 4) is 11.5 Å². The van der Waals surface area contributed by atoms with Gasteiger partial charge in [-0.15, -0.1) is 0 Å². The Hall–Kier alpha value is -3.54. The summed E-state index contributed by atoms with van der Waals surface area (Å²) in [5, 5.41) is 27.9. The van der Waals surface area contributed by atoms with Crippen LogP contribution >= 0.6 is 0 Å². The van der Waals surface area contributed by atoms with Crippen LogP contribution in [0.1, 0.15) is 78.7 Å². The predicted molar refractivity (Wildman–Crippen MR) is 126 cm³/mol. The lowest BCUT2D eigenvalue weighted by atomic mass is 10.1. The standard InChI is InChI=1S/2C13H16O3/c1-2-3-4-7-10-16-13(15)11-8-5-6-9-12(11)14;1-2-3-4-5-7-10-8-6-9-11(12(10)14)13(15)16/h5-10,14H,2-4H2,1H3;5-9,14H,2-4H2,1H3,(H,15,16)/b;7-5-. The van der Waals surface area contributed by atoms with Gasteiger partial charge in [-0.2, -0.15) is 0 Å². The van der Waals surface area contributed by atoms with Gasteiger partial charge in [0.1, 0.15) is 22.6 Å². The summed E-state index contributed by atoms with van der Waals surface area (Å²) in [6, 6.07) is 11.0. The van der Waals surface area contributed by atoms with E-state index < -0.39 is 11.9 Å². The van der Waals surface area contributed by atoms with Crippen molar-refractivity contribution in [2.75, 3.05) is 0 Å². The lowest BCUT2D eigenvalue weighted by molar-refractivity contribution is 0.0656. The van der Waals surface area contributed by atoms with Crippen LogP contribution < -0.4 is 0 Å². The molecule has 3 N–H and O–H groups in total. The van der Waals surface area contributed by atoms with E-state index in [9.17, 15) is 19.8 Å². The normalized spacial score (nSPS) is 10.7. The average molecular weight is 441 g/mol. The van der Waals surface area contributed by atoms with E-state index >= 15 is 0 Å². The zero-order valence-corrected chi connectivity index (χ0v) is 18.7. The first kappa shape index (κ1) is 26.5. The summed E-state index contributed by atoms with van der Waals surface area (Å²) in [5.41, 5.74) is 0.677. The highest BCUT2D eigenvalue weighted by molar-refractivity contribution is 5.93. The summed E-state index contributed by atoms with van der Waals surface area (Å²) < 4.78 is 4.88. The van der Waals surface area contributed by atoms with Gasteiger partial charge in [0.2, 0.25) is 0 Å². The first-order valence-electron chi connectivity index (χ1n) is 10.8. The number of aromatic hydroxyl groups is 2. The van der Waals surface area contributed by atoms with Gasteiger partial charge in [0.05, 0.1) is 6.26 Å². The number of ether oxygens (including phenoxy) is 1. The third-order valence-corrected chi connectivity index (χ3v) is 4.44. The van der Waals surface area contributed by atoms with Crippen LogP contribution in [-0.4, -0.2) is 27.3 Å². The highest BCUT2D eigenvalue weighted by Crippen LogP contribution is 2.23. The molecule has 0 saturated heterocycles. The molecular formula is C26H32O6. The Morgan fingerprint density at radius 2 is 1.50 bits per heavy atom. The molecule has 0 radical (unpaired) electrons. The number of unbranched alkanes of at least 4 members (excludes halogenated alkanes) is 4. The second-order valence-electron chi connectivity index (χ2n) is 7.03. The first-order valence-corrected chi connectivity index (χ1v) is 10.8. The Labute approximate surface area is 189 Å². The van der Waals surface area contributed by atoms with E-state index in [4.69, 9.17) is 9.84 Å². The van der Waals surface area contributed by atoms with Crippen LogP contribution in [0.3, 0.4) is 0 Å². The Bertz CT molecular complexity index is 914. The number of benzene rings is 2. The number of carboxylic acids is 1. The number of aromatic carboxylic acids is 1. The second kappa shape index (κ2) is 15.3. The van der Waals surface area contributed by atoms with Crippen molar-refractivity contribution in [1.82, 2.24) is 0 Å². The van der Waals surface area contributed by atoms with E-state index in [0.717, 1.165) is 38.5 Å². The number of esters is 1. The minimum Gasteiger partial charge on any atom is -0.507 e. The van der Waals surface area contributed by atoms with Crippen LogP contribution in [0.25, 0.3) is 6.08 Å². The summed E-state index contributed by atoms with van der Waals surface area (Å²) in [4.78, 5) is 22.2. The molecule has 2 rings (SSSR count). The molecule has 6 nitrogen and oxygen atoms in total. The topological polar surface area (TPSA) is 104 Å². The molecule has 0 aliphatic carbocycles.